The summed E-state index contributed by atoms with van der Waals surface area (Å²) in [5.41, 5.74) is 0.0596. The maximum absolute atomic E-state index is 13.8. The fourth-order valence-corrected chi connectivity index (χ4v) is 3.83. The highest BCUT2D eigenvalue weighted by Crippen LogP contribution is 2.41. The predicted molar refractivity (Wildman–Crippen MR) is 87.8 cm³/mol. The molecular weight excluding hydrogens is 309 g/mol. The van der Waals surface area contributed by atoms with E-state index in [0.29, 0.717) is 25.4 Å². The van der Waals surface area contributed by atoms with Crippen LogP contribution < -0.4 is 0 Å². The third-order valence-corrected chi connectivity index (χ3v) is 5.10. The summed E-state index contributed by atoms with van der Waals surface area (Å²) >= 11 is 0. The highest BCUT2D eigenvalue weighted by Gasteiger charge is 2.45. The number of carbonyl (C=O) groups is 2. The van der Waals surface area contributed by atoms with Gasteiger partial charge in [0.05, 0.1) is 11.8 Å². The van der Waals surface area contributed by atoms with Crippen molar-refractivity contribution in [2.24, 2.45) is 11.3 Å². The smallest absolute Gasteiger partial charge is 0.256 e. The van der Waals surface area contributed by atoms with Gasteiger partial charge in [0.15, 0.2) is 5.82 Å². The van der Waals surface area contributed by atoms with Crippen molar-refractivity contribution in [3.63, 3.8) is 0 Å². The molecular formula is C18H24FN3O2. The first-order chi connectivity index (χ1) is 11.4. The van der Waals surface area contributed by atoms with Crippen LogP contribution in [0.4, 0.5) is 4.39 Å². The number of carbonyl (C=O) groups excluding carboxylic acids is 2. The number of nitrogens with zero attached hydrogens (tertiary/aromatic N) is 3. The summed E-state index contributed by atoms with van der Waals surface area (Å²) in [6.45, 7) is 6.96. The second kappa shape index (κ2) is 6.49. The van der Waals surface area contributed by atoms with Crippen molar-refractivity contribution in [3.05, 3.63) is 29.8 Å². The lowest BCUT2D eigenvalue weighted by atomic mass is 9.77. The maximum Gasteiger partial charge on any atom is 0.256 e. The Hall–Kier alpha value is -1.98. The largest absolute Gasteiger partial charge is 0.342 e. The van der Waals surface area contributed by atoms with Gasteiger partial charge in [-0.1, -0.05) is 13.8 Å². The zero-order chi connectivity index (χ0) is 17.3. The summed E-state index contributed by atoms with van der Waals surface area (Å²) in [7, 11) is 0. The maximum atomic E-state index is 13.8. The number of hydrogen-bond acceptors (Lipinski definition) is 3. The summed E-state index contributed by atoms with van der Waals surface area (Å²) in [6, 6.07) is 1.42. The zero-order valence-corrected chi connectivity index (χ0v) is 14.3. The SMILES string of the molecule is CC(C)CN1CC2(CCN(C(=O)c3ccncc3F)CC2)CC1=O. The highest BCUT2D eigenvalue weighted by molar-refractivity contribution is 5.94. The van der Waals surface area contributed by atoms with E-state index in [9.17, 15) is 14.0 Å². The van der Waals surface area contributed by atoms with Gasteiger partial charge in [0, 0.05) is 44.2 Å². The molecule has 1 spiro atoms. The minimum Gasteiger partial charge on any atom is -0.342 e. The molecule has 0 atom stereocenters. The molecule has 0 bridgehead atoms. The van der Waals surface area contributed by atoms with E-state index < -0.39 is 5.82 Å². The molecule has 130 valence electrons. The number of aromatic nitrogens is 1. The molecule has 0 radical (unpaired) electrons. The Balaban J connectivity index is 1.63. The molecule has 0 saturated carbocycles. The van der Waals surface area contributed by atoms with Gasteiger partial charge in [-0.3, -0.25) is 14.6 Å². The van der Waals surface area contributed by atoms with Gasteiger partial charge in [0.2, 0.25) is 5.91 Å². The zero-order valence-electron chi connectivity index (χ0n) is 14.3. The molecule has 1 aromatic heterocycles. The lowest BCUT2D eigenvalue weighted by Gasteiger charge is -2.39. The van der Waals surface area contributed by atoms with Gasteiger partial charge in [-0.15, -0.1) is 0 Å². The van der Waals surface area contributed by atoms with Crippen LogP contribution in [0.3, 0.4) is 0 Å². The van der Waals surface area contributed by atoms with Gasteiger partial charge in [-0.25, -0.2) is 4.39 Å². The Bertz CT molecular complexity index is 639. The molecule has 2 saturated heterocycles. The van der Waals surface area contributed by atoms with E-state index in [-0.39, 0.29) is 22.8 Å². The fraction of sp³-hybridized carbons (Fsp3) is 0.611. The number of rotatable bonds is 3. The summed E-state index contributed by atoms with van der Waals surface area (Å²) in [5.74, 6) is -0.181. The molecule has 2 aliphatic rings. The molecule has 24 heavy (non-hydrogen) atoms. The van der Waals surface area contributed by atoms with Gasteiger partial charge in [-0.05, 0) is 24.8 Å². The topological polar surface area (TPSA) is 53.5 Å². The standard InChI is InChI=1S/C18H24FN3O2/c1-13(2)11-22-12-18(9-16(22)23)4-7-21(8-5-18)17(24)14-3-6-20-10-15(14)19/h3,6,10,13H,4-5,7-9,11-12H2,1-2H3. The third-order valence-electron chi connectivity index (χ3n) is 5.10. The van der Waals surface area contributed by atoms with Crippen molar-refractivity contribution in [1.29, 1.82) is 0 Å². The normalized spacial score (nSPS) is 20.2. The summed E-state index contributed by atoms with van der Waals surface area (Å²) < 4.78 is 13.8. The molecule has 0 aromatic carbocycles. The Labute approximate surface area is 141 Å². The van der Waals surface area contributed by atoms with Crippen molar-refractivity contribution in [3.8, 4) is 0 Å². The van der Waals surface area contributed by atoms with E-state index in [0.717, 1.165) is 32.1 Å². The van der Waals surface area contributed by atoms with Crippen molar-refractivity contribution >= 4 is 11.8 Å². The molecule has 6 heteroatoms. The Kier molecular flexibility index (Phi) is 4.56. The van der Waals surface area contributed by atoms with Crippen LogP contribution in [0.25, 0.3) is 0 Å². The van der Waals surface area contributed by atoms with E-state index in [1.54, 1.807) is 4.90 Å². The van der Waals surface area contributed by atoms with Crippen LogP contribution in [0.2, 0.25) is 0 Å². The van der Waals surface area contributed by atoms with Crippen molar-refractivity contribution < 1.29 is 14.0 Å². The van der Waals surface area contributed by atoms with Gasteiger partial charge < -0.3 is 9.80 Å². The van der Waals surface area contributed by atoms with Crippen molar-refractivity contribution in [2.75, 3.05) is 26.2 Å². The molecule has 1 aromatic rings. The highest BCUT2D eigenvalue weighted by atomic mass is 19.1. The minimum atomic E-state index is -0.582. The van der Waals surface area contributed by atoms with Crippen LogP contribution in [-0.4, -0.2) is 52.8 Å². The number of halogens is 1. The third kappa shape index (κ3) is 3.28. The quantitative estimate of drug-likeness (QED) is 0.853. The minimum absolute atomic E-state index is 0.0143. The molecule has 2 amide bonds. The predicted octanol–water partition coefficient (Wildman–Crippen LogP) is 2.33. The molecule has 3 heterocycles. The Morgan fingerprint density at radius 3 is 2.71 bits per heavy atom. The van der Waals surface area contributed by atoms with E-state index in [1.807, 2.05) is 4.90 Å². The second-order valence-electron chi connectivity index (χ2n) is 7.49. The van der Waals surface area contributed by atoms with Crippen molar-refractivity contribution in [2.45, 2.75) is 33.1 Å². The van der Waals surface area contributed by atoms with E-state index in [4.69, 9.17) is 0 Å². The van der Waals surface area contributed by atoms with Crippen LogP contribution in [-0.2, 0) is 4.79 Å². The lowest BCUT2D eigenvalue weighted by molar-refractivity contribution is -0.128. The second-order valence-corrected chi connectivity index (χ2v) is 7.49. The van der Waals surface area contributed by atoms with E-state index >= 15 is 0 Å². The van der Waals surface area contributed by atoms with Crippen LogP contribution in [0.15, 0.2) is 18.5 Å². The number of likely N-dealkylation sites (tertiary alicyclic amines) is 2. The lowest BCUT2D eigenvalue weighted by Crippen LogP contribution is -2.44. The molecule has 0 aliphatic carbocycles. The number of piperidine rings is 1. The Morgan fingerprint density at radius 2 is 2.08 bits per heavy atom. The summed E-state index contributed by atoms with van der Waals surface area (Å²) in [4.78, 5) is 32.1. The molecule has 0 N–H and O–H groups in total. The van der Waals surface area contributed by atoms with Gasteiger partial charge >= 0.3 is 0 Å². The number of amides is 2. The first-order valence-corrected chi connectivity index (χ1v) is 8.57. The number of pyridine rings is 1. The monoisotopic (exact) mass is 333 g/mol. The van der Waals surface area contributed by atoms with Crippen LogP contribution in [0, 0.1) is 17.2 Å². The average molecular weight is 333 g/mol. The van der Waals surface area contributed by atoms with Gasteiger partial charge in [-0.2, -0.15) is 0 Å². The summed E-state index contributed by atoms with van der Waals surface area (Å²) in [5, 5.41) is 0. The van der Waals surface area contributed by atoms with Crippen LogP contribution in [0.1, 0.15) is 43.5 Å². The van der Waals surface area contributed by atoms with E-state index in [2.05, 4.69) is 18.8 Å². The first kappa shape index (κ1) is 16.9. The molecule has 2 aliphatic heterocycles. The molecule has 2 fully saturated rings. The molecule has 0 unspecified atom stereocenters. The Morgan fingerprint density at radius 1 is 1.38 bits per heavy atom. The van der Waals surface area contributed by atoms with Crippen molar-refractivity contribution in [1.82, 2.24) is 14.8 Å². The van der Waals surface area contributed by atoms with Gasteiger partial charge in [0.25, 0.3) is 5.91 Å². The van der Waals surface area contributed by atoms with Crippen LogP contribution in [0.5, 0.6) is 0 Å². The van der Waals surface area contributed by atoms with E-state index in [1.165, 1.54) is 12.3 Å². The molecule has 3 rings (SSSR count). The first-order valence-electron chi connectivity index (χ1n) is 8.57. The average Bonchev–Trinajstić information content (AvgIpc) is 2.82. The fourth-order valence-electron chi connectivity index (χ4n) is 3.83. The van der Waals surface area contributed by atoms with Gasteiger partial charge in [0.1, 0.15) is 0 Å². The van der Waals surface area contributed by atoms with Crippen LogP contribution >= 0.6 is 0 Å². The summed E-state index contributed by atoms with van der Waals surface area (Å²) in [6.07, 6.45) is 4.67. The molecule has 5 nitrogen and oxygen atoms in total. The number of hydrogen-bond donors (Lipinski definition) is 0.